The van der Waals surface area contributed by atoms with Crippen LogP contribution in [-0.2, 0) is 13.8 Å². The number of nitrogens with zero attached hydrogens (tertiary/aromatic N) is 5. The summed E-state index contributed by atoms with van der Waals surface area (Å²) in [5.74, 6) is 0. The molecule has 0 aliphatic carbocycles. The first kappa shape index (κ1) is 39.9. The minimum atomic E-state index is -3.09. The van der Waals surface area contributed by atoms with Crippen LogP contribution >= 0.6 is 7.52 Å². The minimum absolute atomic E-state index is 0.00225. The van der Waals surface area contributed by atoms with Gasteiger partial charge in [-0.3, -0.25) is 18.8 Å². The van der Waals surface area contributed by atoms with Crippen molar-refractivity contribution in [3.8, 4) is 0 Å². The number of unbranched alkanes of at least 4 members (excludes halogenated alkanes) is 11. The molecular weight excluding hydrogens is 611 g/mol. The van der Waals surface area contributed by atoms with Crippen molar-refractivity contribution in [2.75, 3.05) is 33.8 Å². The Hall–Kier alpha value is -1.58. The second-order valence-corrected chi connectivity index (χ2v) is 16.8. The molecule has 0 amide bonds. The normalized spacial score (nSPS) is 20.1. The van der Waals surface area contributed by atoms with Gasteiger partial charge in [-0.1, -0.05) is 118 Å². The van der Waals surface area contributed by atoms with Gasteiger partial charge in [0.15, 0.2) is 11.2 Å². The lowest BCUT2D eigenvalue weighted by molar-refractivity contribution is -0.140. The number of H-pyrrole nitrogens is 1. The summed E-state index contributed by atoms with van der Waals surface area (Å²) in [5, 5.41) is 0. The van der Waals surface area contributed by atoms with Crippen LogP contribution in [0.4, 0.5) is 0 Å². The third kappa shape index (κ3) is 12.1. The third-order valence-corrected chi connectivity index (χ3v) is 13.2. The lowest BCUT2D eigenvalue weighted by Crippen LogP contribution is -2.51. The Balaban J connectivity index is 1.83. The molecule has 0 bridgehead atoms. The van der Waals surface area contributed by atoms with Gasteiger partial charge in [0.2, 0.25) is 0 Å². The molecule has 1 aliphatic heterocycles. The predicted octanol–water partition coefficient (Wildman–Crippen LogP) is 8.93. The largest absolute Gasteiger partial charge is 0.350 e. The molecule has 270 valence electrons. The van der Waals surface area contributed by atoms with Crippen molar-refractivity contribution in [2.24, 2.45) is 0 Å². The summed E-state index contributed by atoms with van der Waals surface area (Å²) >= 11 is 0. The minimum Gasteiger partial charge on any atom is -0.350 e. The van der Waals surface area contributed by atoms with E-state index in [4.69, 9.17) is 9.26 Å². The van der Waals surface area contributed by atoms with Crippen molar-refractivity contribution in [3.05, 3.63) is 23.0 Å². The molecule has 0 spiro atoms. The zero-order valence-electron chi connectivity index (χ0n) is 30.6. The van der Waals surface area contributed by atoms with Gasteiger partial charge in [-0.05, 0) is 39.8 Å². The third-order valence-electron chi connectivity index (χ3n) is 9.98. The second kappa shape index (κ2) is 21.5. The van der Waals surface area contributed by atoms with Gasteiger partial charge < -0.3 is 14.2 Å². The molecule has 47 heavy (non-hydrogen) atoms. The van der Waals surface area contributed by atoms with Crippen molar-refractivity contribution < 1.29 is 13.8 Å². The van der Waals surface area contributed by atoms with Gasteiger partial charge in [0.05, 0.1) is 25.4 Å². The Labute approximate surface area is 285 Å². The highest BCUT2D eigenvalue weighted by atomic mass is 31.2. The number of ether oxygens (including phenoxy) is 1. The lowest BCUT2D eigenvalue weighted by Gasteiger charge is -2.43. The van der Waals surface area contributed by atoms with Crippen molar-refractivity contribution in [3.63, 3.8) is 0 Å². The lowest BCUT2D eigenvalue weighted by atomic mass is 9.98. The van der Waals surface area contributed by atoms with Gasteiger partial charge in [-0.15, -0.1) is 0 Å². The summed E-state index contributed by atoms with van der Waals surface area (Å²) in [4.78, 5) is 26.6. The molecule has 2 aromatic rings. The van der Waals surface area contributed by atoms with Crippen LogP contribution in [0.15, 0.2) is 17.4 Å². The van der Waals surface area contributed by atoms with Crippen molar-refractivity contribution >= 4 is 18.7 Å². The molecule has 0 saturated carbocycles. The van der Waals surface area contributed by atoms with Crippen molar-refractivity contribution in [1.29, 1.82) is 0 Å². The van der Waals surface area contributed by atoms with Crippen LogP contribution in [0.3, 0.4) is 0 Å². The average Bonchev–Trinajstić information content (AvgIpc) is 3.51. The maximum Gasteiger partial charge on any atom is 0.278 e. The number of nitrogens with one attached hydrogen (secondary N) is 1. The fourth-order valence-corrected chi connectivity index (χ4v) is 9.53. The van der Waals surface area contributed by atoms with Crippen LogP contribution in [0.2, 0.25) is 0 Å². The first-order chi connectivity index (χ1) is 22.8. The predicted molar refractivity (Wildman–Crippen MR) is 194 cm³/mol. The molecular formula is C36H67N6O4P. The number of morpholine rings is 1. The first-order valence-electron chi connectivity index (χ1n) is 19.0. The molecule has 1 fully saturated rings. The highest BCUT2D eigenvalue weighted by Gasteiger charge is 2.39. The molecule has 11 heteroatoms. The zero-order chi connectivity index (χ0) is 34.1. The molecule has 10 nitrogen and oxygen atoms in total. The number of aromatic amines is 1. The Morgan fingerprint density at radius 2 is 1.49 bits per heavy atom. The van der Waals surface area contributed by atoms with Crippen LogP contribution in [0.5, 0.6) is 0 Å². The van der Waals surface area contributed by atoms with E-state index in [1.165, 1.54) is 89.8 Å². The zero-order valence-corrected chi connectivity index (χ0v) is 31.5. The van der Waals surface area contributed by atoms with Crippen LogP contribution < -0.4 is 5.56 Å². The maximum absolute atomic E-state index is 14.5. The monoisotopic (exact) mass is 678 g/mol. The fraction of sp³-hybridized carbons (Fsp3) is 0.861. The summed E-state index contributed by atoms with van der Waals surface area (Å²) in [6.07, 6.45) is 23.7. The standard InChI is InChI=1S/C36H67N6O4P/c1-7-11-14-17-20-23-30(22-19-16-13-9-3)41-25-31(46-33(26-41)42-29-39-34-35(42)37-28-38-36(34)43)27-45-47(44,40(5)6)32(10-4)24-21-18-15-12-8-2/h28-33H,7-27H2,1-6H3,(H,37,38,43)/t30?,31-,32?,33+,47?/m0/s1. The Bertz CT molecular complexity index is 1240. The highest BCUT2D eigenvalue weighted by Crippen LogP contribution is 2.56. The number of fused-ring (bicyclic) bond motifs is 1. The number of rotatable bonds is 25. The Morgan fingerprint density at radius 3 is 2.09 bits per heavy atom. The molecule has 3 rings (SSSR count). The molecule has 0 aromatic carbocycles. The number of hydrogen-bond donors (Lipinski definition) is 1. The van der Waals surface area contributed by atoms with Crippen LogP contribution in [0.25, 0.3) is 11.2 Å². The number of hydrogen-bond acceptors (Lipinski definition) is 7. The van der Waals surface area contributed by atoms with Crippen LogP contribution in [0.1, 0.15) is 149 Å². The fourth-order valence-electron chi connectivity index (χ4n) is 7.08. The first-order valence-corrected chi connectivity index (χ1v) is 20.6. The molecule has 1 N–H and O–H groups in total. The van der Waals surface area contributed by atoms with Crippen molar-refractivity contribution in [2.45, 2.75) is 167 Å². The second-order valence-electron chi connectivity index (χ2n) is 13.9. The summed E-state index contributed by atoms with van der Waals surface area (Å²) < 4.78 is 31.5. The van der Waals surface area contributed by atoms with Crippen LogP contribution in [-0.4, -0.2) is 80.7 Å². The summed E-state index contributed by atoms with van der Waals surface area (Å²) in [5.41, 5.74) is 0.578. The van der Waals surface area contributed by atoms with Gasteiger partial charge in [-0.2, -0.15) is 0 Å². The number of imidazole rings is 1. The summed E-state index contributed by atoms with van der Waals surface area (Å²) in [7, 11) is 0.695. The molecule has 1 saturated heterocycles. The smallest absolute Gasteiger partial charge is 0.278 e. The molecule has 3 heterocycles. The Kier molecular flexibility index (Phi) is 18.2. The average molecular weight is 679 g/mol. The van der Waals surface area contributed by atoms with Gasteiger partial charge in [-0.25, -0.2) is 14.6 Å². The van der Waals surface area contributed by atoms with E-state index in [1.807, 2.05) is 23.3 Å². The molecule has 5 atom stereocenters. The molecule has 0 radical (unpaired) electrons. The van der Waals surface area contributed by atoms with Gasteiger partial charge in [0.25, 0.3) is 13.1 Å². The van der Waals surface area contributed by atoms with Gasteiger partial charge >= 0.3 is 0 Å². The molecule has 1 aliphatic rings. The van der Waals surface area contributed by atoms with E-state index >= 15 is 0 Å². The van der Waals surface area contributed by atoms with E-state index in [0.29, 0.717) is 23.8 Å². The summed E-state index contributed by atoms with van der Waals surface area (Å²) in [6.45, 7) is 10.6. The van der Waals surface area contributed by atoms with E-state index in [0.717, 1.165) is 38.6 Å². The topological polar surface area (TPSA) is 106 Å². The quantitative estimate of drug-likeness (QED) is 0.0820. The Morgan fingerprint density at radius 1 is 0.894 bits per heavy atom. The maximum atomic E-state index is 14.5. The van der Waals surface area contributed by atoms with Crippen LogP contribution in [0, 0.1) is 0 Å². The molecule has 2 aromatic heterocycles. The van der Waals surface area contributed by atoms with E-state index in [1.54, 1.807) is 6.33 Å². The van der Waals surface area contributed by atoms with Crippen molar-refractivity contribution in [1.82, 2.24) is 29.1 Å². The SMILES string of the molecule is CCCCCCCC(CCCCCC)N1C[C@@H](COP(=O)(C(CC)CCCCCCC)N(C)C)O[C@@H](n2cnc3c(=O)[nH]cnc32)C1. The summed E-state index contributed by atoms with van der Waals surface area (Å²) in [6, 6.07) is 0.431. The number of aromatic nitrogens is 4. The van der Waals surface area contributed by atoms with E-state index < -0.39 is 7.52 Å². The molecule has 3 unspecified atom stereocenters. The van der Waals surface area contributed by atoms with E-state index in [2.05, 4.69) is 47.5 Å². The van der Waals surface area contributed by atoms with Gasteiger partial charge in [0, 0.05) is 24.8 Å². The van der Waals surface area contributed by atoms with E-state index in [9.17, 15) is 9.36 Å². The highest BCUT2D eigenvalue weighted by molar-refractivity contribution is 7.57. The van der Waals surface area contributed by atoms with Gasteiger partial charge in [0.1, 0.15) is 6.23 Å². The van der Waals surface area contributed by atoms with E-state index in [-0.39, 0.29) is 30.2 Å².